The molecule has 13 heteroatoms. The Hall–Kier alpha value is -0.900. The minimum atomic E-state index is -5.08. The molecule has 1 amide bonds. The number of unbranched alkanes of at least 4 members (excludes halogenated alkanes) is 39. The molecule has 6 N–H and O–H groups in total. The van der Waals surface area contributed by atoms with Gasteiger partial charge in [0.1, 0.15) is 24.4 Å². The lowest BCUT2D eigenvalue weighted by atomic mass is 9.99. The van der Waals surface area contributed by atoms with Crippen LogP contribution in [0.4, 0.5) is 0 Å². The van der Waals surface area contributed by atoms with Crippen LogP contribution < -0.4 is 5.32 Å². The standard InChI is InChI=1S/C55H109NO11S/c1-3-5-7-9-11-13-15-17-19-21-23-24-25-26-27-28-30-32-34-36-38-40-42-44-49(58)48(47-65-55-53(61)54(67-68(62,63)64)52(60)50(46-57)66-55)56-51(59)45-43-41-39-37-35-33-31-29-22-20-18-16-14-12-10-8-6-4-2/h48-50,52-55,57-58,60-61H,3-47H2,1-2H3,(H,56,59)(H,62,63,64). The second-order valence-corrected chi connectivity index (χ2v) is 21.6. The highest BCUT2D eigenvalue weighted by atomic mass is 32.3. The van der Waals surface area contributed by atoms with Crippen LogP contribution >= 0.6 is 0 Å². The van der Waals surface area contributed by atoms with E-state index in [1.807, 2.05) is 0 Å². The molecule has 7 atom stereocenters. The molecule has 0 aromatic heterocycles. The van der Waals surface area contributed by atoms with Crippen molar-refractivity contribution in [1.29, 1.82) is 0 Å². The van der Waals surface area contributed by atoms with E-state index in [1.165, 1.54) is 212 Å². The van der Waals surface area contributed by atoms with Gasteiger partial charge in [-0.3, -0.25) is 9.35 Å². The van der Waals surface area contributed by atoms with Gasteiger partial charge in [-0.05, 0) is 12.8 Å². The summed E-state index contributed by atoms with van der Waals surface area (Å²) in [5.74, 6) is -0.222. The van der Waals surface area contributed by atoms with Crippen LogP contribution in [0.2, 0.25) is 0 Å². The second-order valence-electron chi connectivity index (χ2n) is 20.6. The first kappa shape index (κ1) is 65.1. The van der Waals surface area contributed by atoms with Gasteiger partial charge in [0.15, 0.2) is 6.29 Å². The number of nitrogens with one attached hydrogen (secondary N) is 1. The number of carbonyl (C=O) groups excluding carboxylic acids is 1. The molecule has 12 nitrogen and oxygen atoms in total. The Morgan fingerprint density at radius 1 is 0.529 bits per heavy atom. The Morgan fingerprint density at radius 3 is 1.18 bits per heavy atom. The SMILES string of the molecule is CCCCCCCCCCCCCCCCCCCCCCCCCC(O)C(COC1OC(CO)C(O)C(OS(=O)(=O)O)C1O)NC(=O)CCCCCCCCCCCCCCCCCCCC. The zero-order chi connectivity index (χ0) is 49.8. The number of rotatable bonds is 51. The Labute approximate surface area is 418 Å². The van der Waals surface area contributed by atoms with E-state index in [1.54, 1.807) is 0 Å². The minimum Gasteiger partial charge on any atom is -0.394 e. The summed E-state index contributed by atoms with van der Waals surface area (Å²) < 4.78 is 47.9. The quantitative estimate of drug-likeness (QED) is 0.0251. The zero-order valence-corrected chi connectivity index (χ0v) is 44.8. The molecule has 1 rings (SSSR count). The van der Waals surface area contributed by atoms with Crippen LogP contribution in [0.3, 0.4) is 0 Å². The van der Waals surface area contributed by atoms with Gasteiger partial charge in [0.25, 0.3) is 0 Å². The average molecular weight is 993 g/mol. The average Bonchev–Trinajstić information content (AvgIpc) is 3.31. The molecule has 0 aromatic rings. The number of aliphatic hydroxyl groups is 4. The predicted octanol–water partition coefficient (Wildman–Crippen LogP) is 13.3. The van der Waals surface area contributed by atoms with Crippen molar-refractivity contribution in [2.24, 2.45) is 0 Å². The topological polar surface area (TPSA) is 192 Å². The fourth-order valence-electron chi connectivity index (χ4n) is 9.70. The van der Waals surface area contributed by atoms with Crippen molar-refractivity contribution >= 4 is 16.3 Å². The summed E-state index contributed by atoms with van der Waals surface area (Å²) in [4.78, 5) is 13.1. The largest absolute Gasteiger partial charge is 0.397 e. The first-order valence-electron chi connectivity index (χ1n) is 28.9. The lowest BCUT2D eigenvalue weighted by Crippen LogP contribution is -2.61. The molecule has 406 valence electrons. The monoisotopic (exact) mass is 992 g/mol. The molecule has 1 saturated heterocycles. The van der Waals surface area contributed by atoms with Crippen LogP contribution in [0.5, 0.6) is 0 Å². The molecule has 0 bridgehead atoms. The fraction of sp³-hybridized carbons (Fsp3) is 0.982. The van der Waals surface area contributed by atoms with Crippen molar-refractivity contribution in [1.82, 2.24) is 5.32 Å². The van der Waals surface area contributed by atoms with E-state index in [9.17, 15) is 38.2 Å². The van der Waals surface area contributed by atoms with E-state index in [2.05, 4.69) is 23.3 Å². The van der Waals surface area contributed by atoms with Gasteiger partial charge in [-0.25, -0.2) is 4.18 Å². The maximum absolute atomic E-state index is 13.1. The number of hydrogen-bond acceptors (Lipinski definition) is 10. The van der Waals surface area contributed by atoms with E-state index in [4.69, 9.17) is 9.47 Å². The van der Waals surface area contributed by atoms with Crippen LogP contribution in [0, 0.1) is 0 Å². The summed E-state index contributed by atoms with van der Waals surface area (Å²) in [5, 5.41) is 45.1. The van der Waals surface area contributed by atoms with Crippen molar-refractivity contribution in [2.45, 2.75) is 333 Å². The molecule has 1 aliphatic heterocycles. The fourth-order valence-corrected chi connectivity index (χ4v) is 10.2. The lowest BCUT2D eigenvalue weighted by molar-refractivity contribution is -0.298. The summed E-state index contributed by atoms with van der Waals surface area (Å²) in [6, 6.07) is -0.853. The van der Waals surface area contributed by atoms with Gasteiger partial charge in [-0.15, -0.1) is 0 Å². The molecule has 0 saturated carbocycles. The van der Waals surface area contributed by atoms with E-state index in [0.717, 1.165) is 51.4 Å². The Kier molecular flexibility index (Phi) is 44.0. The van der Waals surface area contributed by atoms with Gasteiger partial charge < -0.3 is 35.2 Å². The first-order valence-corrected chi connectivity index (χ1v) is 30.3. The Balaban J connectivity index is 2.34. The van der Waals surface area contributed by atoms with Gasteiger partial charge in [-0.2, -0.15) is 8.42 Å². The molecule has 0 aromatic carbocycles. The summed E-state index contributed by atoms with van der Waals surface area (Å²) in [6.45, 7) is 3.50. The van der Waals surface area contributed by atoms with E-state index >= 15 is 0 Å². The molecule has 1 fully saturated rings. The summed E-state index contributed by atoms with van der Waals surface area (Å²) in [7, 11) is -5.08. The van der Waals surface area contributed by atoms with E-state index < -0.39 is 59.9 Å². The summed E-state index contributed by atoms with van der Waals surface area (Å²) >= 11 is 0. The normalized spacial score (nSPS) is 19.7. The molecular formula is C55H109NO11S. The third-order valence-electron chi connectivity index (χ3n) is 14.2. The molecular weight excluding hydrogens is 883 g/mol. The second kappa shape index (κ2) is 45.9. The highest BCUT2D eigenvalue weighted by Crippen LogP contribution is 2.26. The first-order chi connectivity index (χ1) is 33.0. The van der Waals surface area contributed by atoms with Crippen molar-refractivity contribution in [3.63, 3.8) is 0 Å². The maximum Gasteiger partial charge on any atom is 0.397 e. The van der Waals surface area contributed by atoms with Crippen LogP contribution in [0.25, 0.3) is 0 Å². The third kappa shape index (κ3) is 37.8. The molecule has 0 aliphatic carbocycles. The molecule has 0 radical (unpaired) electrons. The number of hydrogen-bond donors (Lipinski definition) is 6. The Bertz CT molecular complexity index is 1210. The summed E-state index contributed by atoms with van der Waals surface area (Å²) in [5.41, 5.74) is 0. The number of amides is 1. The number of ether oxygens (including phenoxy) is 2. The van der Waals surface area contributed by atoms with Crippen LogP contribution in [0.1, 0.15) is 290 Å². The van der Waals surface area contributed by atoms with Gasteiger partial charge in [0.05, 0.1) is 25.4 Å². The Morgan fingerprint density at radius 2 is 0.853 bits per heavy atom. The molecule has 1 aliphatic rings. The van der Waals surface area contributed by atoms with Crippen molar-refractivity contribution < 1.29 is 51.8 Å². The van der Waals surface area contributed by atoms with E-state index in [-0.39, 0.29) is 12.5 Å². The highest BCUT2D eigenvalue weighted by molar-refractivity contribution is 7.80. The predicted molar refractivity (Wildman–Crippen MR) is 278 cm³/mol. The number of carbonyl (C=O) groups is 1. The van der Waals surface area contributed by atoms with Crippen LogP contribution in [-0.2, 0) is 28.9 Å². The molecule has 1 heterocycles. The molecule has 68 heavy (non-hydrogen) atoms. The van der Waals surface area contributed by atoms with Gasteiger partial charge in [-0.1, -0.05) is 271 Å². The van der Waals surface area contributed by atoms with Crippen molar-refractivity contribution in [3.8, 4) is 0 Å². The molecule has 0 spiro atoms. The van der Waals surface area contributed by atoms with E-state index in [0.29, 0.717) is 12.8 Å². The minimum absolute atomic E-state index is 0.222. The number of aliphatic hydroxyl groups excluding tert-OH is 4. The lowest BCUT2D eigenvalue weighted by Gasteiger charge is -2.41. The van der Waals surface area contributed by atoms with Crippen molar-refractivity contribution in [3.05, 3.63) is 0 Å². The third-order valence-corrected chi connectivity index (χ3v) is 14.6. The van der Waals surface area contributed by atoms with Crippen LogP contribution in [0.15, 0.2) is 0 Å². The van der Waals surface area contributed by atoms with Crippen LogP contribution in [-0.4, -0.2) is 95.4 Å². The zero-order valence-electron chi connectivity index (χ0n) is 44.0. The van der Waals surface area contributed by atoms with Gasteiger partial charge in [0.2, 0.25) is 5.91 Å². The summed E-state index contributed by atoms with van der Waals surface area (Å²) in [6.07, 6.45) is 43.9. The van der Waals surface area contributed by atoms with Gasteiger partial charge in [0, 0.05) is 6.42 Å². The van der Waals surface area contributed by atoms with Gasteiger partial charge >= 0.3 is 10.4 Å². The molecule has 7 unspecified atom stereocenters. The van der Waals surface area contributed by atoms with Crippen molar-refractivity contribution in [2.75, 3.05) is 13.2 Å². The smallest absolute Gasteiger partial charge is 0.394 e. The maximum atomic E-state index is 13.1. The highest BCUT2D eigenvalue weighted by Gasteiger charge is 2.48.